The molecule has 30 heavy (non-hydrogen) atoms. The number of aromatic nitrogens is 3. The van der Waals surface area contributed by atoms with Gasteiger partial charge in [0.25, 0.3) is 11.5 Å². The third kappa shape index (κ3) is 4.64. The SMILES string of the molecule is COCCCNC(=O)c1ccc(-n2[nH]cc(C3=C(C)CC=C(C#N)C=C3)c2=O)nc1. The lowest BCUT2D eigenvalue weighted by Gasteiger charge is -2.06. The highest BCUT2D eigenvalue weighted by Crippen LogP contribution is 2.24. The first-order valence-electron chi connectivity index (χ1n) is 9.57. The number of carbonyl (C=O) groups is 1. The number of aromatic amines is 1. The molecule has 1 aliphatic carbocycles. The van der Waals surface area contributed by atoms with Crippen molar-refractivity contribution >= 4 is 11.5 Å². The van der Waals surface area contributed by atoms with Gasteiger partial charge < -0.3 is 10.1 Å². The van der Waals surface area contributed by atoms with Gasteiger partial charge in [0, 0.05) is 38.2 Å². The minimum absolute atomic E-state index is 0.227. The number of hydrogen-bond donors (Lipinski definition) is 2. The summed E-state index contributed by atoms with van der Waals surface area (Å²) < 4.78 is 6.28. The Labute approximate surface area is 174 Å². The Morgan fingerprint density at radius 1 is 1.40 bits per heavy atom. The molecule has 2 aromatic rings. The second kappa shape index (κ2) is 9.67. The number of hydrogen-bond acceptors (Lipinski definition) is 5. The van der Waals surface area contributed by atoms with Crippen LogP contribution < -0.4 is 10.9 Å². The minimum atomic E-state index is -0.251. The Morgan fingerprint density at radius 2 is 2.23 bits per heavy atom. The summed E-state index contributed by atoms with van der Waals surface area (Å²) in [6.07, 6.45) is 9.72. The number of H-pyrrole nitrogens is 1. The molecule has 8 heteroatoms. The predicted molar refractivity (Wildman–Crippen MR) is 113 cm³/mol. The molecule has 8 nitrogen and oxygen atoms in total. The van der Waals surface area contributed by atoms with Crippen molar-refractivity contribution in [2.45, 2.75) is 19.8 Å². The van der Waals surface area contributed by atoms with Gasteiger partial charge in [-0.2, -0.15) is 5.26 Å². The molecule has 0 aliphatic heterocycles. The Kier molecular flexibility index (Phi) is 6.78. The number of nitriles is 1. The van der Waals surface area contributed by atoms with E-state index in [9.17, 15) is 9.59 Å². The van der Waals surface area contributed by atoms with Gasteiger partial charge in [-0.05, 0) is 43.5 Å². The number of methoxy groups -OCH3 is 1. The summed E-state index contributed by atoms with van der Waals surface area (Å²) >= 11 is 0. The van der Waals surface area contributed by atoms with E-state index in [4.69, 9.17) is 10.00 Å². The molecule has 0 spiro atoms. The third-order valence-electron chi connectivity index (χ3n) is 4.76. The summed E-state index contributed by atoms with van der Waals surface area (Å²) in [6.45, 7) is 3.03. The van der Waals surface area contributed by atoms with Crippen LogP contribution in [0.5, 0.6) is 0 Å². The van der Waals surface area contributed by atoms with E-state index >= 15 is 0 Å². The van der Waals surface area contributed by atoms with Crippen molar-refractivity contribution in [1.29, 1.82) is 5.26 Å². The monoisotopic (exact) mass is 405 g/mol. The maximum atomic E-state index is 12.9. The quantitative estimate of drug-likeness (QED) is 0.687. The lowest BCUT2D eigenvalue weighted by molar-refractivity contribution is 0.0948. The average molecular weight is 405 g/mol. The van der Waals surface area contributed by atoms with E-state index in [2.05, 4.69) is 21.5 Å². The number of nitrogens with one attached hydrogen (secondary N) is 2. The maximum Gasteiger partial charge on any atom is 0.280 e. The average Bonchev–Trinajstić information content (AvgIpc) is 3.03. The van der Waals surface area contributed by atoms with E-state index in [1.54, 1.807) is 37.6 Å². The van der Waals surface area contributed by atoms with Gasteiger partial charge in [-0.3, -0.25) is 14.7 Å². The van der Waals surface area contributed by atoms with Gasteiger partial charge in [0.1, 0.15) is 0 Å². The second-order valence-electron chi connectivity index (χ2n) is 6.84. The topological polar surface area (TPSA) is 113 Å². The Hall–Kier alpha value is -3.70. The van der Waals surface area contributed by atoms with E-state index in [0.717, 1.165) is 17.6 Å². The molecule has 0 radical (unpaired) electrons. The third-order valence-corrected chi connectivity index (χ3v) is 4.76. The molecule has 3 rings (SSSR count). The summed E-state index contributed by atoms with van der Waals surface area (Å²) in [7, 11) is 1.61. The van der Waals surface area contributed by atoms with Gasteiger partial charge in [0.15, 0.2) is 5.82 Å². The van der Waals surface area contributed by atoms with Crippen molar-refractivity contribution in [3.05, 3.63) is 75.4 Å². The number of amides is 1. The fourth-order valence-corrected chi connectivity index (χ4v) is 3.07. The number of nitrogens with zero attached hydrogens (tertiary/aromatic N) is 3. The van der Waals surface area contributed by atoms with Crippen LogP contribution >= 0.6 is 0 Å². The van der Waals surface area contributed by atoms with Crippen molar-refractivity contribution in [3.63, 3.8) is 0 Å². The van der Waals surface area contributed by atoms with Gasteiger partial charge in [0.2, 0.25) is 0 Å². The van der Waals surface area contributed by atoms with Crippen molar-refractivity contribution in [1.82, 2.24) is 20.1 Å². The van der Waals surface area contributed by atoms with E-state index in [0.29, 0.717) is 42.1 Å². The zero-order valence-electron chi connectivity index (χ0n) is 16.9. The molecule has 0 unspecified atom stereocenters. The summed E-state index contributed by atoms with van der Waals surface area (Å²) in [5, 5.41) is 14.8. The molecule has 0 bridgehead atoms. The number of rotatable bonds is 7. The van der Waals surface area contributed by atoms with Gasteiger partial charge >= 0.3 is 0 Å². The first-order chi connectivity index (χ1) is 14.5. The molecular formula is C22H23N5O3. The number of ether oxygens (including phenoxy) is 1. The van der Waals surface area contributed by atoms with Gasteiger partial charge in [-0.25, -0.2) is 9.67 Å². The highest BCUT2D eigenvalue weighted by molar-refractivity contribution is 5.93. The lowest BCUT2D eigenvalue weighted by atomic mass is 10.0. The summed E-state index contributed by atoms with van der Waals surface area (Å²) in [4.78, 5) is 29.3. The molecule has 2 N–H and O–H groups in total. The van der Waals surface area contributed by atoms with Crippen LogP contribution in [0.25, 0.3) is 11.4 Å². The predicted octanol–water partition coefficient (Wildman–Crippen LogP) is 2.51. The van der Waals surface area contributed by atoms with E-state index in [-0.39, 0.29) is 11.5 Å². The van der Waals surface area contributed by atoms with Crippen molar-refractivity contribution in [2.75, 3.05) is 20.3 Å². The molecule has 0 saturated carbocycles. The van der Waals surface area contributed by atoms with Crippen LogP contribution in [0.3, 0.4) is 0 Å². The van der Waals surface area contributed by atoms with Gasteiger partial charge in [0.05, 0.1) is 17.2 Å². The van der Waals surface area contributed by atoms with Crippen LogP contribution in [0.15, 0.2) is 58.7 Å². The minimum Gasteiger partial charge on any atom is -0.385 e. The van der Waals surface area contributed by atoms with E-state index < -0.39 is 0 Å². The summed E-state index contributed by atoms with van der Waals surface area (Å²) in [5.41, 5.74) is 3.00. The summed E-state index contributed by atoms with van der Waals surface area (Å²) in [5.74, 6) is 0.156. The lowest BCUT2D eigenvalue weighted by Crippen LogP contribution is -2.25. The number of carbonyl (C=O) groups excluding carboxylic acids is 1. The van der Waals surface area contributed by atoms with E-state index in [1.165, 1.54) is 10.9 Å². The second-order valence-corrected chi connectivity index (χ2v) is 6.84. The number of allylic oxidation sites excluding steroid dienone is 6. The molecule has 154 valence electrons. The standard InChI is InChI=1S/C22H23N5O3/c1-15-4-5-16(12-23)6-8-18(15)19-14-26-27(22(19)29)20-9-7-17(13-25-20)21(28)24-10-3-11-30-2/h5-9,13-14,26H,3-4,10-11H2,1-2H3,(H,24,28). The Balaban J connectivity index is 1.79. The van der Waals surface area contributed by atoms with Crippen LogP contribution in [0, 0.1) is 11.3 Å². The highest BCUT2D eigenvalue weighted by atomic mass is 16.5. The van der Waals surface area contributed by atoms with E-state index in [1.807, 2.05) is 13.0 Å². The zero-order chi connectivity index (χ0) is 21.5. The molecule has 0 aromatic carbocycles. The van der Waals surface area contributed by atoms with Crippen LogP contribution in [0.1, 0.15) is 35.7 Å². The summed E-state index contributed by atoms with van der Waals surface area (Å²) in [6, 6.07) is 5.36. The fraction of sp³-hybridized carbons (Fsp3) is 0.273. The Morgan fingerprint density at radius 3 is 2.93 bits per heavy atom. The van der Waals surface area contributed by atoms with Crippen LogP contribution in [-0.2, 0) is 4.74 Å². The smallest absolute Gasteiger partial charge is 0.280 e. The molecule has 2 aromatic heterocycles. The molecular weight excluding hydrogens is 382 g/mol. The first kappa shape index (κ1) is 21.0. The zero-order valence-corrected chi connectivity index (χ0v) is 16.9. The first-order valence-corrected chi connectivity index (χ1v) is 9.57. The van der Waals surface area contributed by atoms with Crippen LogP contribution in [-0.4, -0.2) is 40.9 Å². The van der Waals surface area contributed by atoms with Crippen LogP contribution in [0.2, 0.25) is 0 Å². The van der Waals surface area contributed by atoms with Gasteiger partial charge in [-0.1, -0.05) is 17.7 Å². The Bertz CT molecular complexity index is 1110. The molecule has 1 amide bonds. The van der Waals surface area contributed by atoms with Crippen LogP contribution in [0.4, 0.5) is 0 Å². The fourth-order valence-electron chi connectivity index (χ4n) is 3.07. The number of pyridine rings is 1. The normalized spacial score (nSPS) is 13.6. The van der Waals surface area contributed by atoms with Gasteiger partial charge in [-0.15, -0.1) is 0 Å². The van der Waals surface area contributed by atoms with Crippen molar-refractivity contribution in [3.8, 4) is 11.9 Å². The highest BCUT2D eigenvalue weighted by Gasteiger charge is 2.15. The largest absolute Gasteiger partial charge is 0.385 e. The molecule has 1 aliphatic rings. The molecule has 0 saturated heterocycles. The molecule has 0 atom stereocenters. The molecule has 2 heterocycles. The van der Waals surface area contributed by atoms with Crippen molar-refractivity contribution in [2.24, 2.45) is 0 Å². The maximum absolute atomic E-state index is 12.9. The van der Waals surface area contributed by atoms with Crippen molar-refractivity contribution < 1.29 is 9.53 Å². The molecule has 0 fully saturated rings.